The third-order valence-corrected chi connectivity index (χ3v) is 4.71. The molecule has 0 radical (unpaired) electrons. The van der Waals surface area contributed by atoms with E-state index in [1.54, 1.807) is 6.07 Å². The lowest BCUT2D eigenvalue weighted by atomic mass is 9.79. The Hall–Kier alpha value is -2.00. The summed E-state index contributed by atoms with van der Waals surface area (Å²) in [5.74, 6) is 0.385. The van der Waals surface area contributed by atoms with Gasteiger partial charge < -0.3 is 11.1 Å². The van der Waals surface area contributed by atoms with E-state index in [0.717, 1.165) is 49.9 Å². The molecule has 1 aliphatic carbocycles. The molecule has 0 unspecified atom stereocenters. The van der Waals surface area contributed by atoms with Crippen molar-refractivity contribution in [2.45, 2.75) is 43.8 Å². The lowest BCUT2D eigenvalue weighted by Crippen LogP contribution is -2.36. The molecule has 9 heteroatoms. The summed E-state index contributed by atoms with van der Waals surface area (Å²) in [6, 6.07) is 4.24. The zero-order valence-corrected chi connectivity index (χ0v) is 13.7. The molecule has 25 heavy (non-hydrogen) atoms. The highest BCUT2D eigenvalue weighted by molar-refractivity contribution is 5.62. The fraction of sp³-hybridized carbons (Fsp3) is 0.562. The van der Waals surface area contributed by atoms with E-state index < -0.39 is 11.7 Å². The van der Waals surface area contributed by atoms with Crippen LogP contribution in [0.5, 0.6) is 0 Å². The van der Waals surface area contributed by atoms with Crippen molar-refractivity contribution in [1.82, 2.24) is 25.9 Å². The molecule has 1 aromatic heterocycles. The van der Waals surface area contributed by atoms with Crippen LogP contribution in [0.1, 0.15) is 42.7 Å². The Balaban J connectivity index is 1.84. The smallest absolute Gasteiger partial charge is 0.329 e. The maximum atomic E-state index is 13.1. The van der Waals surface area contributed by atoms with Gasteiger partial charge in [-0.05, 0) is 54.5 Å². The zero-order chi connectivity index (χ0) is 17.9. The molecule has 0 spiro atoms. The Morgan fingerprint density at radius 2 is 1.96 bits per heavy atom. The van der Waals surface area contributed by atoms with Gasteiger partial charge in [-0.2, -0.15) is 18.4 Å². The SMILES string of the molecule is NCCNC1CCC(c2ccc(C(F)(F)F)cc2-c2nn[nH]n2)CC1. The number of aromatic amines is 1. The van der Waals surface area contributed by atoms with Crippen molar-refractivity contribution >= 4 is 0 Å². The first kappa shape index (κ1) is 17.8. The van der Waals surface area contributed by atoms with Gasteiger partial charge in [-0.25, -0.2) is 0 Å². The van der Waals surface area contributed by atoms with E-state index in [4.69, 9.17) is 5.73 Å². The first-order chi connectivity index (χ1) is 12.0. The normalized spacial score (nSPS) is 21.4. The first-order valence-corrected chi connectivity index (χ1v) is 8.37. The molecule has 6 nitrogen and oxygen atoms in total. The van der Waals surface area contributed by atoms with Crippen LogP contribution in [0.15, 0.2) is 18.2 Å². The Kier molecular flexibility index (Phi) is 5.33. The van der Waals surface area contributed by atoms with Gasteiger partial charge in [0.1, 0.15) is 0 Å². The van der Waals surface area contributed by atoms with Crippen LogP contribution in [-0.2, 0) is 6.18 Å². The van der Waals surface area contributed by atoms with Gasteiger partial charge >= 0.3 is 6.18 Å². The molecule has 0 amide bonds. The number of nitrogens with one attached hydrogen (secondary N) is 2. The van der Waals surface area contributed by atoms with Crippen LogP contribution in [0.4, 0.5) is 13.2 Å². The molecule has 0 atom stereocenters. The number of rotatable bonds is 5. The molecular weight excluding hydrogens is 333 g/mol. The third kappa shape index (κ3) is 4.16. The first-order valence-electron chi connectivity index (χ1n) is 8.37. The Bertz CT molecular complexity index is 678. The average molecular weight is 354 g/mol. The minimum Gasteiger partial charge on any atom is -0.329 e. The van der Waals surface area contributed by atoms with E-state index in [0.29, 0.717) is 18.2 Å². The van der Waals surface area contributed by atoms with Gasteiger partial charge in [0.05, 0.1) is 5.56 Å². The summed E-state index contributed by atoms with van der Waals surface area (Å²) in [4.78, 5) is 0. The van der Waals surface area contributed by atoms with Crippen molar-refractivity contribution in [2.24, 2.45) is 5.73 Å². The van der Waals surface area contributed by atoms with Gasteiger partial charge in [-0.15, -0.1) is 10.2 Å². The number of halogens is 3. The highest BCUT2D eigenvalue weighted by Crippen LogP contribution is 2.40. The molecule has 1 saturated carbocycles. The lowest BCUT2D eigenvalue weighted by molar-refractivity contribution is -0.137. The van der Waals surface area contributed by atoms with Crippen LogP contribution in [-0.4, -0.2) is 39.8 Å². The summed E-state index contributed by atoms with van der Waals surface area (Å²) in [6.07, 6.45) is -0.660. The second kappa shape index (κ2) is 7.49. The maximum absolute atomic E-state index is 13.1. The molecule has 1 aliphatic rings. The molecule has 0 aliphatic heterocycles. The van der Waals surface area contributed by atoms with Crippen LogP contribution >= 0.6 is 0 Å². The average Bonchev–Trinajstić information content (AvgIpc) is 3.13. The van der Waals surface area contributed by atoms with Gasteiger partial charge in [0.2, 0.25) is 5.82 Å². The maximum Gasteiger partial charge on any atom is 0.416 e. The number of tetrazole rings is 1. The number of nitrogens with two attached hydrogens (primary N) is 1. The summed E-state index contributed by atoms with van der Waals surface area (Å²) < 4.78 is 39.2. The number of alkyl halides is 3. The van der Waals surface area contributed by atoms with Crippen LogP contribution in [0.3, 0.4) is 0 Å². The third-order valence-electron chi connectivity index (χ3n) is 4.71. The molecule has 4 N–H and O–H groups in total. The second-order valence-electron chi connectivity index (χ2n) is 6.33. The van der Waals surface area contributed by atoms with Crippen molar-refractivity contribution in [3.8, 4) is 11.4 Å². The van der Waals surface area contributed by atoms with Gasteiger partial charge in [0.25, 0.3) is 0 Å². The van der Waals surface area contributed by atoms with Gasteiger partial charge in [0.15, 0.2) is 0 Å². The fourth-order valence-corrected chi connectivity index (χ4v) is 3.45. The molecule has 1 heterocycles. The topological polar surface area (TPSA) is 92.5 Å². The highest BCUT2D eigenvalue weighted by atomic mass is 19.4. The van der Waals surface area contributed by atoms with E-state index in [2.05, 4.69) is 25.9 Å². The Morgan fingerprint density at radius 1 is 1.20 bits per heavy atom. The standard InChI is InChI=1S/C16H21F3N6/c17-16(18,19)11-3-6-13(14(9-11)15-22-24-25-23-15)10-1-4-12(5-2-10)21-8-7-20/h3,6,9-10,12,21H,1-2,4-5,7-8,20H2,(H,22,23,24,25). The van der Waals surface area contributed by atoms with Gasteiger partial charge in [-0.1, -0.05) is 6.07 Å². The van der Waals surface area contributed by atoms with E-state index >= 15 is 0 Å². The van der Waals surface area contributed by atoms with Crippen molar-refractivity contribution < 1.29 is 13.2 Å². The molecule has 3 rings (SSSR count). The van der Waals surface area contributed by atoms with Gasteiger partial charge in [-0.3, -0.25) is 0 Å². The quantitative estimate of drug-likeness (QED) is 0.767. The molecule has 1 aromatic carbocycles. The Morgan fingerprint density at radius 3 is 2.56 bits per heavy atom. The summed E-state index contributed by atoms with van der Waals surface area (Å²) in [6.45, 7) is 1.38. The molecule has 1 fully saturated rings. The number of hydrogen-bond donors (Lipinski definition) is 3. The molecule has 0 bridgehead atoms. The van der Waals surface area contributed by atoms with Crippen LogP contribution in [0.2, 0.25) is 0 Å². The largest absolute Gasteiger partial charge is 0.416 e. The molecule has 0 saturated heterocycles. The Labute approximate surface area is 143 Å². The number of aromatic nitrogens is 4. The van der Waals surface area contributed by atoms with Crippen molar-refractivity contribution in [2.75, 3.05) is 13.1 Å². The van der Waals surface area contributed by atoms with E-state index in [1.165, 1.54) is 0 Å². The number of benzene rings is 1. The minimum atomic E-state index is -4.40. The predicted molar refractivity (Wildman–Crippen MR) is 86.7 cm³/mol. The van der Waals surface area contributed by atoms with Crippen molar-refractivity contribution in [1.29, 1.82) is 0 Å². The number of H-pyrrole nitrogens is 1. The summed E-state index contributed by atoms with van der Waals surface area (Å²) in [5.41, 5.74) is 6.07. The van der Waals surface area contributed by atoms with Crippen LogP contribution in [0.25, 0.3) is 11.4 Å². The summed E-state index contributed by atoms with van der Waals surface area (Å²) in [5, 5.41) is 17.0. The number of hydrogen-bond acceptors (Lipinski definition) is 5. The number of nitrogens with zero attached hydrogens (tertiary/aromatic N) is 3. The fourth-order valence-electron chi connectivity index (χ4n) is 3.45. The van der Waals surface area contributed by atoms with E-state index in [-0.39, 0.29) is 11.7 Å². The van der Waals surface area contributed by atoms with Crippen molar-refractivity contribution in [3.05, 3.63) is 29.3 Å². The van der Waals surface area contributed by atoms with Crippen LogP contribution < -0.4 is 11.1 Å². The summed E-state index contributed by atoms with van der Waals surface area (Å²) in [7, 11) is 0. The van der Waals surface area contributed by atoms with E-state index in [9.17, 15) is 13.2 Å². The molecule has 2 aromatic rings. The van der Waals surface area contributed by atoms with Gasteiger partial charge in [0, 0.05) is 24.7 Å². The molecule has 136 valence electrons. The monoisotopic (exact) mass is 354 g/mol. The van der Waals surface area contributed by atoms with E-state index in [1.807, 2.05) is 0 Å². The summed E-state index contributed by atoms with van der Waals surface area (Å²) >= 11 is 0. The second-order valence-corrected chi connectivity index (χ2v) is 6.33. The zero-order valence-electron chi connectivity index (χ0n) is 13.7. The highest BCUT2D eigenvalue weighted by Gasteiger charge is 2.33. The predicted octanol–water partition coefficient (Wildman–Crippen LogP) is 2.46. The van der Waals surface area contributed by atoms with Crippen LogP contribution in [0, 0.1) is 0 Å². The molecular formula is C16H21F3N6. The minimum absolute atomic E-state index is 0.187. The van der Waals surface area contributed by atoms with Crippen molar-refractivity contribution in [3.63, 3.8) is 0 Å². The lowest BCUT2D eigenvalue weighted by Gasteiger charge is -2.30.